The van der Waals surface area contributed by atoms with Gasteiger partial charge < -0.3 is 10.1 Å². The molecule has 16 heavy (non-hydrogen) atoms. The van der Waals surface area contributed by atoms with Crippen LogP contribution in [-0.2, 0) is 4.74 Å². The first-order valence-corrected chi connectivity index (χ1v) is 6.92. The summed E-state index contributed by atoms with van der Waals surface area (Å²) in [5.74, 6) is 0. The molecule has 0 aliphatic carbocycles. The minimum absolute atomic E-state index is 0.429. The smallest absolute Gasteiger partial charge is 0.0589 e. The Morgan fingerprint density at radius 3 is 2.69 bits per heavy atom. The molecule has 96 valence electrons. The van der Waals surface area contributed by atoms with Crippen molar-refractivity contribution in [1.29, 1.82) is 0 Å². The third-order valence-corrected chi connectivity index (χ3v) is 3.80. The zero-order valence-electron chi connectivity index (χ0n) is 11.5. The van der Waals surface area contributed by atoms with E-state index in [1.54, 1.807) is 0 Å². The van der Waals surface area contributed by atoms with Gasteiger partial charge in [-0.1, -0.05) is 34.1 Å². The van der Waals surface area contributed by atoms with Crippen LogP contribution in [0.15, 0.2) is 0 Å². The molecule has 0 aromatic rings. The summed E-state index contributed by atoms with van der Waals surface area (Å²) in [5.41, 5.74) is 0.429. The van der Waals surface area contributed by atoms with Crippen molar-refractivity contribution in [1.82, 2.24) is 5.32 Å². The van der Waals surface area contributed by atoms with Gasteiger partial charge in [0.1, 0.15) is 0 Å². The number of hydrogen-bond donors (Lipinski definition) is 1. The van der Waals surface area contributed by atoms with Crippen molar-refractivity contribution in [2.75, 3.05) is 13.2 Å². The van der Waals surface area contributed by atoms with Crippen LogP contribution in [0.5, 0.6) is 0 Å². The van der Waals surface area contributed by atoms with E-state index < -0.39 is 0 Å². The standard InChI is InChI=1S/C14H29NO/c1-5-7-13-10-12(8-9-16-13)15-11-14(3,4)6-2/h12-13,15H,5-11H2,1-4H3. The van der Waals surface area contributed by atoms with Crippen molar-refractivity contribution in [3.63, 3.8) is 0 Å². The SMILES string of the molecule is CCCC1CC(NCC(C)(C)CC)CCO1. The highest BCUT2D eigenvalue weighted by Gasteiger charge is 2.23. The van der Waals surface area contributed by atoms with Crippen molar-refractivity contribution in [3.05, 3.63) is 0 Å². The van der Waals surface area contributed by atoms with Gasteiger partial charge in [-0.2, -0.15) is 0 Å². The van der Waals surface area contributed by atoms with E-state index in [0.29, 0.717) is 17.6 Å². The molecule has 1 fully saturated rings. The summed E-state index contributed by atoms with van der Waals surface area (Å²) in [5, 5.41) is 3.72. The van der Waals surface area contributed by atoms with E-state index in [-0.39, 0.29) is 0 Å². The number of ether oxygens (including phenoxy) is 1. The Hall–Kier alpha value is -0.0800. The lowest BCUT2D eigenvalue weighted by atomic mass is 9.89. The van der Waals surface area contributed by atoms with E-state index in [1.807, 2.05) is 0 Å². The van der Waals surface area contributed by atoms with Crippen LogP contribution in [0.1, 0.15) is 59.8 Å². The molecule has 0 amide bonds. The van der Waals surface area contributed by atoms with E-state index in [4.69, 9.17) is 4.74 Å². The summed E-state index contributed by atoms with van der Waals surface area (Å²) in [6.07, 6.45) is 6.57. The Morgan fingerprint density at radius 1 is 1.31 bits per heavy atom. The van der Waals surface area contributed by atoms with E-state index in [2.05, 4.69) is 33.0 Å². The molecule has 0 spiro atoms. The van der Waals surface area contributed by atoms with Gasteiger partial charge in [0.25, 0.3) is 0 Å². The number of rotatable bonds is 6. The maximum Gasteiger partial charge on any atom is 0.0589 e. The zero-order valence-corrected chi connectivity index (χ0v) is 11.5. The summed E-state index contributed by atoms with van der Waals surface area (Å²) in [4.78, 5) is 0. The fraction of sp³-hybridized carbons (Fsp3) is 1.00. The van der Waals surface area contributed by atoms with Crippen molar-refractivity contribution >= 4 is 0 Å². The second-order valence-corrected chi connectivity index (χ2v) is 5.90. The molecule has 1 N–H and O–H groups in total. The largest absolute Gasteiger partial charge is 0.378 e. The minimum atomic E-state index is 0.429. The maximum absolute atomic E-state index is 5.77. The monoisotopic (exact) mass is 227 g/mol. The molecule has 1 rings (SSSR count). The fourth-order valence-electron chi connectivity index (χ4n) is 2.13. The number of nitrogens with one attached hydrogen (secondary N) is 1. The van der Waals surface area contributed by atoms with Gasteiger partial charge >= 0.3 is 0 Å². The zero-order chi connectivity index (χ0) is 12.0. The lowest BCUT2D eigenvalue weighted by Crippen LogP contribution is -2.42. The predicted molar refractivity (Wildman–Crippen MR) is 69.7 cm³/mol. The lowest BCUT2D eigenvalue weighted by molar-refractivity contribution is -0.00457. The first-order chi connectivity index (χ1) is 7.57. The van der Waals surface area contributed by atoms with Gasteiger partial charge in [0, 0.05) is 19.2 Å². The van der Waals surface area contributed by atoms with E-state index in [1.165, 1.54) is 32.1 Å². The first kappa shape index (κ1) is 14.0. The van der Waals surface area contributed by atoms with Gasteiger partial charge in [0.05, 0.1) is 6.10 Å². The molecule has 0 bridgehead atoms. The average molecular weight is 227 g/mol. The highest BCUT2D eigenvalue weighted by Crippen LogP contribution is 2.21. The van der Waals surface area contributed by atoms with Crippen LogP contribution in [-0.4, -0.2) is 25.3 Å². The molecule has 2 heteroatoms. The van der Waals surface area contributed by atoms with Crippen LogP contribution in [0.3, 0.4) is 0 Å². The third kappa shape index (κ3) is 4.84. The van der Waals surface area contributed by atoms with Crippen molar-refractivity contribution in [2.45, 2.75) is 71.9 Å². The quantitative estimate of drug-likeness (QED) is 0.751. The molecule has 0 saturated carbocycles. The van der Waals surface area contributed by atoms with Gasteiger partial charge in [-0.25, -0.2) is 0 Å². The Bertz CT molecular complexity index is 189. The molecule has 1 heterocycles. The minimum Gasteiger partial charge on any atom is -0.378 e. The highest BCUT2D eigenvalue weighted by atomic mass is 16.5. The lowest BCUT2D eigenvalue weighted by Gasteiger charge is -2.33. The Balaban J connectivity index is 2.26. The molecule has 1 aliphatic heterocycles. The summed E-state index contributed by atoms with van der Waals surface area (Å²) in [6, 6.07) is 0.677. The Kier molecular flexibility index (Phi) is 5.77. The molecule has 0 aromatic heterocycles. The van der Waals surface area contributed by atoms with Gasteiger partial charge in [-0.3, -0.25) is 0 Å². The average Bonchev–Trinajstić information content (AvgIpc) is 2.28. The van der Waals surface area contributed by atoms with E-state index in [0.717, 1.165) is 13.2 Å². The summed E-state index contributed by atoms with van der Waals surface area (Å²) in [7, 11) is 0. The van der Waals surface area contributed by atoms with Crippen LogP contribution in [0, 0.1) is 5.41 Å². The van der Waals surface area contributed by atoms with E-state index in [9.17, 15) is 0 Å². The molecular formula is C14H29NO. The van der Waals surface area contributed by atoms with Gasteiger partial charge in [0.2, 0.25) is 0 Å². The topological polar surface area (TPSA) is 21.3 Å². The van der Waals surface area contributed by atoms with Crippen LogP contribution in [0.2, 0.25) is 0 Å². The van der Waals surface area contributed by atoms with Crippen LogP contribution in [0.25, 0.3) is 0 Å². The fourth-order valence-corrected chi connectivity index (χ4v) is 2.13. The van der Waals surface area contributed by atoms with Gasteiger partial charge in [-0.15, -0.1) is 0 Å². The van der Waals surface area contributed by atoms with E-state index >= 15 is 0 Å². The molecule has 1 aliphatic rings. The van der Waals surface area contributed by atoms with Crippen molar-refractivity contribution in [2.24, 2.45) is 5.41 Å². The number of hydrogen-bond acceptors (Lipinski definition) is 2. The Morgan fingerprint density at radius 2 is 2.06 bits per heavy atom. The summed E-state index contributed by atoms with van der Waals surface area (Å²) >= 11 is 0. The summed E-state index contributed by atoms with van der Waals surface area (Å²) < 4.78 is 5.77. The molecule has 0 aromatic carbocycles. The van der Waals surface area contributed by atoms with Gasteiger partial charge in [-0.05, 0) is 31.1 Å². The molecule has 2 nitrogen and oxygen atoms in total. The maximum atomic E-state index is 5.77. The van der Waals surface area contributed by atoms with Crippen LogP contribution < -0.4 is 5.32 Å². The first-order valence-electron chi connectivity index (χ1n) is 6.92. The second-order valence-electron chi connectivity index (χ2n) is 5.90. The molecule has 0 radical (unpaired) electrons. The van der Waals surface area contributed by atoms with Crippen LogP contribution in [0.4, 0.5) is 0 Å². The third-order valence-electron chi connectivity index (χ3n) is 3.80. The Labute approximate surface area is 101 Å². The van der Waals surface area contributed by atoms with Crippen LogP contribution >= 0.6 is 0 Å². The predicted octanol–water partition coefficient (Wildman–Crippen LogP) is 3.36. The summed E-state index contributed by atoms with van der Waals surface area (Å²) in [6.45, 7) is 11.2. The molecule has 2 unspecified atom stereocenters. The van der Waals surface area contributed by atoms with Crippen molar-refractivity contribution < 1.29 is 4.74 Å². The second kappa shape index (κ2) is 6.61. The van der Waals surface area contributed by atoms with Gasteiger partial charge in [0.15, 0.2) is 0 Å². The van der Waals surface area contributed by atoms with Crippen molar-refractivity contribution in [3.8, 4) is 0 Å². The normalized spacial score (nSPS) is 27.0. The molecular weight excluding hydrogens is 198 g/mol. The molecule has 2 atom stereocenters. The highest BCUT2D eigenvalue weighted by molar-refractivity contribution is 4.79. The molecule has 1 saturated heterocycles.